The average molecular weight is 350 g/mol. The van der Waals surface area contributed by atoms with E-state index in [1.54, 1.807) is 48.5 Å². The molecule has 0 radical (unpaired) electrons. The van der Waals surface area contributed by atoms with Crippen LogP contribution in [0.1, 0.15) is 67.7 Å². The molecule has 0 aromatic heterocycles. The maximum atomic E-state index is 11.4. The van der Waals surface area contributed by atoms with Crippen molar-refractivity contribution >= 4 is 12.3 Å². The molecule has 142 valence electrons. The van der Waals surface area contributed by atoms with Gasteiger partial charge in [-0.2, -0.15) is 9.78 Å². The van der Waals surface area contributed by atoms with E-state index in [1.807, 2.05) is 0 Å². The van der Waals surface area contributed by atoms with E-state index in [0.29, 0.717) is 19.3 Å². The van der Waals surface area contributed by atoms with Gasteiger partial charge in [0.15, 0.2) is 0 Å². The minimum atomic E-state index is -0.878. The first kappa shape index (κ1) is 22.5. The van der Waals surface area contributed by atoms with Crippen molar-refractivity contribution in [2.24, 2.45) is 0 Å². The molecule has 24 heavy (non-hydrogen) atoms. The summed E-state index contributed by atoms with van der Waals surface area (Å²) in [6.07, 6.45) is -0.194. The van der Waals surface area contributed by atoms with Gasteiger partial charge in [-0.15, -0.1) is 0 Å². The minimum Gasteiger partial charge on any atom is -0.432 e. The second kappa shape index (κ2) is 10.4. The van der Waals surface area contributed by atoms with E-state index in [-0.39, 0.29) is 12.7 Å². The molecule has 0 aromatic rings. The number of ether oxygens (including phenoxy) is 2. The van der Waals surface area contributed by atoms with Crippen molar-refractivity contribution in [2.75, 3.05) is 6.61 Å². The molecule has 1 unspecified atom stereocenters. The summed E-state index contributed by atoms with van der Waals surface area (Å²) in [6.45, 7) is 12.4. The lowest BCUT2D eigenvalue weighted by atomic mass is 10.2. The van der Waals surface area contributed by atoms with Crippen LogP contribution in [0.3, 0.4) is 0 Å². The fourth-order valence-corrected chi connectivity index (χ4v) is 1.27. The number of rotatable bonds is 8. The van der Waals surface area contributed by atoms with Gasteiger partial charge in [-0.1, -0.05) is 0 Å². The molecule has 0 amide bonds. The van der Waals surface area contributed by atoms with Crippen molar-refractivity contribution in [3.05, 3.63) is 0 Å². The number of carbonyl (C=O) groups is 2. The normalized spacial score (nSPS) is 13.1. The molecule has 8 heteroatoms. The van der Waals surface area contributed by atoms with Crippen LogP contribution in [0.15, 0.2) is 0 Å². The monoisotopic (exact) mass is 350 g/mol. The summed E-state index contributed by atoms with van der Waals surface area (Å²) < 4.78 is 9.85. The summed E-state index contributed by atoms with van der Waals surface area (Å²) in [5.41, 5.74) is -1.18. The van der Waals surface area contributed by atoms with Crippen molar-refractivity contribution in [1.29, 1.82) is 0 Å². The van der Waals surface area contributed by atoms with Gasteiger partial charge in [0.1, 0.15) is 17.3 Å². The summed E-state index contributed by atoms with van der Waals surface area (Å²) in [5, 5.41) is 0. The summed E-state index contributed by atoms with van der Waals surface area (Å²) in [7, 11) is 0. The highest BCUT2D eigenvalue weighted by Gasteiger charge is 2.18. The van der Waals surface area contributed by atoms with Gasteiger partial charge in [-0.25, -0.2) is 9.59 Å². The van der Waals surface area contributed by atoms with Crippen molar-refractivity contribution in [3.8, 4) is 0 Å². The molecule has 0 bridgehead atoms. The molecule has 0 fully saturated rings. The smallest absolute Gasteiger partial charge is 0.432 e. The highest BCUT2D eigenvalue weighted by atomic mass is 17.2. The Hall–Kier alpha value is -1.54. The van der Waals surface area contributed by atoms with Gasteiger partial charge in [-0.05, 0) is 67.7 Å². The molecule has 0 aliphatic heterocycles. The van der Waals surface area contributed by atoms with Crippen molar-refractivity contribution < 1.29 is 38.6 Å². The molecule has 8 nitrogen and oxygen atoms in total. The highest BCUT2D eigenvalue weighted by molar-refractivity contribution is 5.59. The molecule has 0 saturated heterocycles. The first-order valence-corrected chi connectivity index (χ1v) is 7.98. The summed E-state index contributed by atoms with van der Waals surface area (Å²) in [6, 6.07) is 0. The zero-order valence-electron chi connectivity index (χ0n) is 15.7. The fraction of sp³-hybridized carbons (Fsp3) is 0.875. The predicted molar refractivity (Wildman–Crippen MR) is 85.0 cm³/mol. The molecule has 0 heterocycles. The molecule has 0 saturated carbocycles. The molecule has 0 aromatic carbocycles. The third-order valence-corrected chi connectivity index (χ3v) is 2.24. The lowest BCUT2D eigenvalue weighted by Crippen LogP contribution is -2.24. The quantitative estimate of drug-likeness (QED) is 0.277. The van der Waals surface area contributed by atoms with Crippen LogP contribution in [0, 0.1) is 0 Å². The van der Waals surface area contributed by atoms with Crippen LogP contribution in [0.4, 0.5) is 9.59 Å². The van der Waals surface area contributed by atoms with Crippen LogP contribution in [0.25, 0.3) is 0 Å². The van der Waals surface area contributed by atoms with Crippen LogP contribution in [0.2, 0.25) is 0 Å². The van der Waals surface area contributed by atoms with Gasteiger partial charge < -0.3 is 9.47 Å². The van der Waals surface area contributed by atoms with Crippen molar-refractivity contribution in [2.45, 2.75) is 85.0 Å². The van der Waals surface area contributed by atoms with Crippen LogP contribution < -0.4 is 0 Å². The maximum absolute atomic E-state index is 11.4. The Morgan fingerprint density at radius 1 is 0.833 bits per heavy atom. The van der Waals surface area contributed by atoms with Gasteiger partial charge in [0.2, 0.25) is 0 Å². The topological polar surface area (TPSA) is 89.5 Å². The van der Waals surface area contributed by atoms with Crippen molar-refractivity contribution in [1.82, 2.24) is 0 Å². The molecule has 0 rings (SSSR count). The molecular formula is C16H30O8. The Bertz CT molecular complexity index is 381. The predicted octanol–water partition coefficient (Wildman–Crippen LogP) is 4.31. The standard InChI is InChI=1S/C16H30O8/c1-12(20-14(18)22-24-16(5,6)7)10-8-9-11-19-13(17)21-23-15(2,3)4/h12H,8-11H2,1-7H3. The first-order valence-electron chi connectivity index (χ1n) is 7.98. The van der Waals surface area contributed by atoms with Gasteiger partial charge >= 0.3 is 12.3 Å². The molecule has 0 spiro atoms. The average Bonchev–Trinajstić information content (AvgIpc) is 2.41. The van der Waals surface area contributed by atoms with Crippen LogP contribution in [0.5, 0.6) is 0 Å². The summed E-state index contributed by atoms with van der Waals surface area (Å²) in [5.74, 6) is 0. The second-order valence-electron chi connectivity index (χ2n) is 7.33. The van der Waals surface area contributed by atoms with E-state index >= 15 is 0 Å². The summed E-state index contributed by atoms with van der Waals surface area (Å²) in [4.78, 5) is 41.3. The number of hydrogen-bond acceptors (Lipinski definition) is 8. The molecule has 0 N–H and O–H groups in total. The van der Waals surface area contributed by atoms with Gasteiger partial charge in [0.25, 0.3) is 0 Å². The van der Waals surface area contributed by atoms with E-state index in [2.05, 4.69) is 9.78 Å². The largest absolute Gasteiger partial charge is 0.540 e. The van der Waals surface area contributed by atoms with E-state index in [1.165, 1.54) is 0 Å². The molecular weight excluding hydrogens is 320 g/mol. The van der Waals surface area contributed by atoms with Gasteiger partial charge in [0, 0.05) is 0 Å². The number of carbonyl (C=O) groups excluding carboxylic acids is 2. The van der Waals surface area contributed by atoms with Crippen molar-refractivity contribution in [3.63, 3.8) is 0 Å². The Morgan fingerprint density at radius 2 is 1.33 bits per heavy atom. The van der Waals surface area contributed by atoms with Crippen LogP contribution >= 0.6 is 0 Å². The molecule has 0 aliphatic rings. The van der Waals surface area contributed by atoms with E-state index in [4.69, 9.17) is 19.2 Å². The Morgan fingerprint density at radius 3 is 1.83 bits per heavy atom. The Balaban J connectivity index is 3.66. The van der Waals surface area contributed by atoms with Crippen LogP contribution in [-0.2, 0) is 29.0 Å². The third-order valence-electron chi connectivity index (χ3n) is 2.24. The zero-order valence-corrected chi connectivity index (χ0v) is 15.7. The van der Waals surface area contributed by atoms with E-state index in [9.17, 15) is 9.59 Å². The molecule has 0 aliphatic carbocycles. The van der Waals surface area contributed by atoms with Crippen LogP contribution in [-0.4, -0.2) is 36.2 Å². The SMILES string of the molecule is CC(CCCCOC(=O)OOC(C)(C)C)OC(=O)OOC(C)(C)C. The minimum absolute atomic E-state index is 0.191. The van der Waals surface area contributed by atoms with Gasteiger partial charge in [0.05, 0.1) is 6.61 Å². The Labute approximate surface area is 143 Å². The second-order valence-corrected chi connectivity index (χ2v) is 7.33. The maximum Gasteiger partial charge on any atom is 0.540 e. The Kier molecular flexibility index (Phi) is 9.69. The fourth-order valence-electron chi connectivity index (χ4n) is 1.27. The lowest BCUT2D eigenvalue weighted by Gasteiger charge is -2.18. The zero-order chi connectivity index (χ0) is 18.8. The highest BCUT2D eigenvalue weighted by Crippen LogP contribution is 2.11. The summed E-state index contributed by atoms with van der Waals surface area (Å²) >= 11 is 0. The third kappa shape index (κ3) is 15.4. The van der Waals surface area contributed by atoms with E-state index in [0.717, 1.165) is 0 Å². The van der Waals surface area contributed by atoms with Gasteiger partial charge in [-0.3, -0.25) is 9.78 Å². The first-order chi connectivity index (χ1) is 10.9. The number of unbranched alkanes of at least 4 members (excludes halogenated alkanes) is 1. The lowest BCUT2D eigenvalue weighted by molar-refractivity contribution is -0.313. The number of hydrogen-bond donors (Lipinski definition) is 0. The van der Waals surface area contributed by atoms with E-state index < -0.39 is 23.5 Å². The molecule has 1 atom stereocenters.